The van der Waals surface area contributed by atoms with E-state index in [1.165, 1.54) is 6.92 Å². The van der Waals surface area contributed by atoms with Crippen LogP contribution >= 0.6 is 0 Å². The summed E-state index contributed by atoms with van der Waals surface area (Å²) in [5.74, 6) is -0.540. The summed E-state index contributed by atoms with van der Waals surface area (Å²) in [5, 5.41) is 0. The average molecular weight is 317 g/mol. The van der Waals surface area contributed by atoms with E-state index in [0.717, 1.165) is 24.8 Å². The lowest BCUT2D eigenvalue weighted by atomic mass is 9.93. The summed E-state index contributed by atoms with van der Waals surface area (Å²) in [6, 6.07) is 9.25. The SMILES string of the molecule is CCCCC[C@H](OC(C)=O)[C@]1(C)OC(c2ccccc2)=NC1=O. The molecule has 124 valence electrons. The first kappa shape index (κ1) is 17.2. The molecule has 0 aliphatic carbocycles. The number of rotatable bonds is 7. The number of unbranched alkanes of at least 4 members (excludes halogenated alkanes) is 2. The average Bonchev–Trinajstić information content (AvgIpc) is 2.84. The minimum atomic E-state index is -1.26. The monoisotopic (exact) mass is 317 g/mol. The second-order valence-electron chi connectivity index (χ2n) is 5.89. The van der Waals surface area contributed by atoms with Crippen LogP contribution in [0, 0.1) is 0 Å². The molecule has 2 atom stereocenters. The zero-order valence-electron chi connectivity index (χ0n) is 13.9. The number of nitrogens with zero attached hydrogens (tertiary/aromatic N) is 1. The molecular weight excluding hydrogens is 294 g/mol. The smallest absolute Gasteiger partial charge is 0.303 e. The number of amides is 1. The van der Waals surface area contributed by atoms with Crippen molar-refractivity contribution in [2.75, 3.05) is 0 Å². The van der Waals surface area contributed by atoms with Gasteiger partial charge in [-0.25, -0.2) is 0 Å². The van der Waals surface area contributed by atoms with Crippen molar-refractivity contribution in [2.24, 2.45) is 4.99 Å². The van der Waals surface area contributed by atoms with Gasteiger partial charge in [-0.3, -0.25) is 9.59 Å². The van der Waals surface area contributed by atoms with Gasteiger partial charge < -0.3 is 9.47 Å². The Balaban J connectivity index is 2.18. The van der Waals surface area contributed by atoms with Gasteiger partial charge in [0.05, 0.1) is 0 Å². The molecule has 0 N–H and O–H groups in total. The Morgan fingerprint density at radius 2 is 2.00 bits per heavy atom. The van der Waals surface area contributed by atoms with Crippen LogP contribution in [0.25, 0.3) is 0 Å². The number of hydrogen-bond donors (Lipinski definition) is 0. The van der Waals surface area contributed by atoms with E-state index in [0.29, 0.717) is 6.42 Å². The third-order valence-electron chi connectivity index (χ3n) is 3.95. The van der Waals surface area contributed by atoms with E-state index in [1.54, 1.807) is 6.92 Å². The van der Waals surface area contributed by atoms with Crippen LogP contribution in [-0.2, 0) is 19.1 Å². The van der Waals surface area contributed by atoms with E-state index < -0.39 is 23.6 Å². The molecular formula is C18H23NO4. The molecule has 23 heavy (non-hydrogen) atoms. The predicted octanol–water partition coefficient (Wildman–Crippen LogP) is 3.26. The summed E-state index contributed by atoms with van der Waals surface area (Å²) < 4.78 is 11.2. The van der Waals surface area contributed by atoms with Gasteiger partial charge in [0.15, 0.2) is 6.10 Å². The minimum absolute atomic E-state index is 0.283. The molecule has 0 unspecified atom stereocenters. The van der Waals surface area contributed by atoms with Gasteiger partial charge in [0.25, 0.3) is 5.91 Å². The molecule has 0 fully saturated rings. The van der Waals surface area contributed by atoms with Crippen LogP contribution in [-0.4, -0.2) is 29.5 Å². The number of esters is 1. The Kier molecular flexibility index (Phi) is 5.53. The molecule has 5 heteroatoms. The molecule has 1 aliphatic rings. The fourth-order valence-corrected chi connectivity index (χ4v) is 2.61. The molecule has 1 aromatic carbocycles. The molecule has 5 nitrogen and oxygen atoms in total. The van der Waals surface area contributed by atoms with Gasteiger partial charge in [0.2, 0.25) is 11.5 Å². The third kappa shape index (κ3) is 3.97. The molecule has 1 aromatic rings. The van der Waals surface area contributed by atoms with Crippen LogP contribution in [0.3, 0.4) is 0 Å². The Morgan fingerprint density at radius 3 is 2.61 bits per heavy atom. The lowest BCUT2D eigenvalue weighted by Gasteiger charge is -2.30. The number of carbonyl (C=O) groups excluding carboxylic acids is 2. The van der Waals surface area contributed by atoms with E-state index in [9.17, 15) is 9.59 Å². The fraction of sp³-hybridized carbons (Fsp3) is 0.500. The highest BCUT2D eigenvalue weighted by atomic mass is 16.6. The minimum Gasteiger partial charge on any atom is -0.458 e. The number of carbonyl (C=O) groups is 2. The van der Waals surface area contributed by atoms with E-state index in [4.69, 9.17) is 9.47 Å². The Hall–Kier alpha value is -2.17. The molecule has 1 aliphatic heterocycles. The Morgan fingerprint density at radius 1 is 1.30 bits per heavy atom. The summed E-state index contributed by atoms with van der Waals surface area (Å²) in [6.45, 7) is 5.08. The van der Waals surface area contributed by atoms with Gasteiger partial charge in [0, 0.05) is 12.5 Å². The summed E-state index contributed by atoms with van der Waals surface area (Å²) in [4.78, 5) is 27.9. The van der Waals surface area contributed by atoms with Crippen LogP contribution in [0.4, 0.5) is 0 Å². The highest BCUT2D eigenvalue weighted by molar-refractivity contribution is 6.09. The number of ether oxygens (including phenoxy) is 2. The van der Waals surface area contributed by atoms with Gasteiger partial charge in [-0.2, -0.15) is 4.99 Å². The highest BCUT2D eigenvalue weighted by Crippen LogP contribution is 2.31. The molecule has 2 rings (SSSR count). The molecule has 0 aromatic heterocycles. The van der Waals surface area contributed by atoms with Gasteiger partial charge >= 0.3 is 5.97 Å². The summed E-state index contributed by atoms with van der Waals surface area (Å²) in [5.41, 5.74) is -0.523. The standard InChI is InChI=1S/C18H23NO4/c1-4-5-7-12-15(22-13(2)20)18(3)17(21)19-16(23-18)14-10-8-6-9-11-14/h6,8-11,15H,4-5,7,12H2,1-3H3/t15-,18-/m0/s1. The summed E-state index contributed by atoms with van der Waals surface area (Å²) in [7, 11) is 0. The number of aliphatic imine (C=N–C) groups is 1. The van der Waals surface area contributed by atoms with Crippen LogP contribution in [0.2, 0.25) is 0 Å². The lowest BCUT2D eigenvalue weighted by molar-refractivity contribution is -0.163. The molecule has 0 spiro atoms. The van der Waals surface area contributed by atoms with Crippen LogP contribution in [0.1, 0.15) is 52.0 Å². The van der Waals surface area contributed by atoms with Crippen LogP contribution in [0.15, 0.2) is 35.3 Å². The molecule has 0 bridgehead atoms. The lowest BCUT2D eigenvalue weighted by Crippen LogP contribution is -2.48. The van der Waals surface area contributed by atoms with E-state index in [2.05, 4.69) is 11.9 Å². The Bertz CT molecular complexity index is 596. The first-order chi connectivity index (χ1) is 11.0. The normalized spacial score (nSPS) is 21.5. The van der Waals surface area contributed by atoms with Gasteiger partial charge in [0.1, 0.15) is 0 Å². The maximum Gasteiger partial charge on any atom is 0.303 e. The number of hydrogen-bond acceptors (Lipinski definition) is 4. The van der Waals surface area contributed by atoms with Crippen molar-refractivity contribution >= 4 is 17.8 Å². The topological polar surface area (TPSA) is 65.0 Å². The Labute approximate surface area is 136 Å². The van der Waals surface area contributed by atoms with Crippen molar-refractivity contribution in [1.29, 1.82) is 0 Å². The molecule has 0 radical (unpaired) electrons. The van der Waals surface area contributed by atoms with E-state index in [1.807, 2.05) is 30.3 Å². The molecule has 1 heterocycles. The third-order valence-corrected chi connectivity index (χ3v) is 3.95. The predicted molar refractivity (Wildman–Crippen MR) is 87.2 cm³/mol. The van der Waals surface area contributed by atoms with Gasteiger partial charge in [-0.15, -0.1) is 0 Å². The largest absolute Gasteiger partial charge is 0.458 e. The molecule has 0 saturated heterocycles. The first-order valence-corrected chi connectivity index (χ1v) is 8.02. The highest BCUT2D eigenvalue weighted by Gasteiger charge is 2.50. The number of benzene rings is 1. The van der Waals surface area contributed by atoms with Crippen molar-refractivity contribution in [3.05, 3.63) is 35.9 Å². The quantitative estimate of drug-likeness (QED) is 0.572. The van der Waals surface area contributed by atoms with E-state index in [-0.39, 0.29) is 5.90 Å². The van der Waals surface area contributed by atoms with Crippen molar-refractivity contribution in [1.82, 2.24) is 0 Å². The second kappa shape index (κ2) is 7.40. The van der Waals surface area contributed by atoms with Gasteiger partial charge in [-0.05, 0) is 31.9 Å². The zero-order chi connectivity index (χ0) is 16.9. The van der Waals surface area contributed by atoms with Crippen molar-refractivity contribution in [3.63, 3.8) is 0 Å². The fourth-order valence-electron chi connectivity index (χ4n) is 2.61. The second-order valence-corrected chi connectivity index (χ2v) is 5.89. The molecule has 0 saturated carbocycles. The van der Waals surface area contributed by atoms with Crippen LogP contribution in [0.5, 0.6) is 0 Å². The molecule has 1 amide bonds. The van der Waals surface area contributed by atoms with Gasteiger partial charge in [-0.1, -0.05) is 38.0 Å². The van der Waals surface area contributed by atoms with E-state index >= 15 is 0 Å². The summed E-state index contributed by atoms with van der Waals surface area (Å²) >= 11 is 0. The maximum atomic E-state index is 12.4. The van der Waals surface area contributed by atoms with Crippen LogP contribution < -0.4 is 0 Å². The summed E-state index contributed by atoms with van der Waals surface area (Å²) in [6.07, 6.45) is 2.86. The first-order valence-electron chi connectivity index (χ1n) is 8.02. The van der Waals surface area contributed by atoms with Crippen molar-refractivity contribution in [2.45, 2.75) is 58.2 Å². The van der Waals surface area contributed by atoms with Crippen molar-refractivity contribution in [3.8, 4) is 0 Å². The maximum absolute atomic E-state index is 12.4. The zero-order valence-corrected chi connectivity index (χ0v) is 13.9. The van der Waals surface area contributed by atoms with Crippen molar-refractivity contribution < 1.29 is 19.1 Å².